The van der Waals surface area contributed by atoms with Crippen LogP contribution in [-0.4, -0.2) is 15.0 Å². The lowest BCUT2D eigenvalue weighted by atomic mass is 10.1. The molecule has 3 rings (SSSR count). The molecule has 0 aliphatic rings. The topological polar surface area (TPSA) is 64.7 Å². The summed E-state index contributed by atoms with van der Waals surface area (Å²) < 4.78 is 12.9. The van der Waals surface area contributed by atoms with E-state index in [1.54, 1.807) is 12.1 Å². The molecule has 0 aliphatic heterocycles. The van der Waals surface area contributed by atoms with Gasteiger partial charge in [0.2, 0.25) is 5.95 Å². The lowest BCUT2D eigenvalue weighted by Gasteiger charge is -2.05. The average molecular weight is 280 g/mol. The predicted octanol–water partition coefficient (Wildman–Crippen LogP) is 2.85. The van der Waals surface area contributed by atoms with Gasteiger partial charge in [0, 0.05) is 12.0 Å². The third-order valence-corrected chi connectivity index (χ3v) is 3.01. The van der Waals surface area contributed by atoms with Gasteiger partial charge >= 0.3 is 0 Å². The fourth-order valence-electron chi connectivity index (χ4n) is 2.02. The summed E-state index contributed by atoms with van der Waals surface area (Å²) in [6, 6.07) is 15.8. The molecule has 0 aliphatic carbocycles. The minimum Gasteiger partial charge on any atom is -0.368 e. The number of rotatable bonds is 3. The van der Waals surface area contributed by atoms with Gasteiger partial charge in [-0.15, -0.1) is 0 Å². The third-order valence-electron chi connectivity index (χ3n) is 3.01. The summed E-state index contributed by atoms with van der Waals surface area (Å²) in [5.41, 5.74) is 7.55. The molecular weight excluding hydrogens is 267 g/mol. The van der Waals surface area contributed by atoms with Crippen molar-refractivity contribution in [1.29, 1.82) is 0 Å². The van der Waals surface area contributed by atoms with E-state index in [9.17, 15) is 4.39 Å². The lowest BCUT2D eigenvalue weighted by molar-refractivity contribution is 0.627. The average Bonchev–Trinajstić information content (AvgIpc) is 2.50. The highest BCUT2D eigenvalue weighted by molar-refractivity contribution is 5.55. The molecule has 0 atom stereocenters. The molecule has 0 bridgehead atoms. The Morgan fingerprint density at radius 1 is 0.857 bits per heavy atom. The van der Waals surface area contributed by atoms with Crippen LogP contribution in [0.15, 0.2) is 54.6 Å². The van der Waals surface area contributed by atoms with Crippen molar-refractivity contribution in [3.05, 3.63) is 71.8 Å². The summed E-state index contributed by atoms with van der Waals surface area (Å²) in [7, 11) is 0. The maximum atomic E-state index is 12.9. The second kappa shape index (κ2) is 5.66. The molecule has 0 saturated carbocycles. The summed E-state index contributed by atoms with van der Waals surface area (Å²) >= 11 is 0. The molecule has 5 heteroatoms. The van der Waals surface area contributed by atoms with Crippen molar-refractivity contribution < 1.29 is 4.39 Å². The number of hydrogen-bond donors (Lipinski definition) is 1. The Bertz CT molecular complexity index is 742. The highest BCUT2D eigenvalue weighted by Gasteiger charge is 2.07. The van der Waals surface area contributed by atoms with Crippen LogP contribution in [0.2, 0.25) is 0 Å². The number of aromatic nitrogens is 3. The van der Waals surface area contributed by atoms with Gasteiger partial charge in [-0.3, -0.25) is 0 Å². The Labute approximate surface area is 121 Å². The second-order valence-corrected chi connectivity index (χ2v) is 4.60. The molecule has 104 valence electrons. The van der Waals surface area contributed by atoms with E-state index < -0.39 is 0 Å². The molecule has 0 unspecified atom stereocenters. The van der Waals surface area contributed by atoms with Crippen LogP contribution >= 0.6 is 0 Å². The Morgan fingerprint density at radius 3 is 2.29 bits per heavy atom. The SMILES string of the molecule is Nc1nc(Cc2ccc(F)cc2)nc(-c2ccccc2)n1. The zero-order chi connectivity index (χ0) is 14.7. The van der Waals surface area contributed by atoms with Gasteiger partial charge in [0.25, 0.3) is 0 Å². The number of benzene rings is 2. The van der Waals surface area contributed by atoms with Crippen LogP contribution < -0.4 is 5.73 Å². The van der Waals surface area contributed by atoms with Crippen LogP contribution in [0.4, 0.5) is 10.3 Å². The maximum Gasteiger partial charge on any atom is 0.223 e. The number of nitrogen functional groups attached to an aromatic ring is 1. The van der Waals surface area contributed by atoms with E-state index in [-0.39, 0.29) is 11.8 Å². The predicted molar refractivity (Wildman–Crippen MR) is 78.9 cm³/mol. The van der Waals surface area contributed by atoms with Gasteiger partial charge in [-0.05, 0) is 17.7 Å². The van der Waals surface area contributed by atoms with Gasteiger partial charge in [0.15, 0.2) is 5.82 Å². The summed E-state index contributed by atoms with van der Waals surface area (Å²) in [6.07, 6.45) is 0.479. The molecule has 0 radical (unpaired) electrons. The first-order valence-corrected chi connectivity index (χ1v) is 6.51. The Hall–Kier alpha value is -2.82. The minimum absolute atomic E-state index is 0.181. The number of halogens is 1. The standard InChI is InChI=1S/C16H13FN4/c17-13-8-6-11(7-9-13)10-14-19-15(21-16(18)20-14)12-4-2-1-3-5-12/h1-9H,10H2,(H2,18,19,20,21). The zero-order valence-corrected chi connectivity index (χ0v) is 11.2. The Morgan fingerprint density at radius 2 is 1.57 bits per heavy atom. The lowest BCUT2D eigenvalue weighted by Crippen LogP contribution is -2.05. The molecule has 0 amide bonds. The van der Waals surface area contributed by atoms with E-state index >= 15 is 0 Å². The van der Waals surface area contributed by atoms with E-state index in [1.165, 1.54) is 12.1 Å². The van der Waals surface area contributed by atoms with Crippen LogP contribution in [0.25, 0.3) is 11.4 Å². The van der Waals surface area contributed by atoms with Crippen molar-refractivity contribution in [2.24, 2.45) is 0 Å². The summed E-state index contributed by atoms with van der Waals surface area (Å²) in [4.78, 5) is 12.7. The van der Waals surface area contributed by atoms with Crippen molar-refractivity contribution >= 4 is 5.95 Å². The summed E-state index contributed by atoms with van der Waals surface area (Å²) in [5, 5.41) is 0. The number of hydrogen-bond acceptors (Lipinski definition) is 4. The fourth-order valence-corrected chi connectivity index (χ4v) is 2.02. The normalized spacial score (nSPS) is 10.5. The Kier molecular flexibility index (Phi) is 3.55. The fraction of sp³-hybridized carbons (Fsp3) is 0.0625. The molecule has 0 saturated heterocycles. The smallest absolute Gasteiger partial charge is 0.223 e. The van der Waals surface area contributed by atoms with Crippen molar-refractivity contribution in [3.63, 3.8) is 0 Å². The van der Waals surface area contributed by atoms with E-state index in [4.69, 9.17) is 5.73 Å². The van der Waals surface area contributed by atoms with Crippen molar-refractivity contribution in [1.82, 2.24) is 15.0 Å². The van der Waals surface area contributed by atoms with Gasteiger partial charge in [0.05, 0.1) is 0 Å². The summed E-state index contributed by atoms with van der Waals surface area (Å²) in [6.45, 7) is 0. The highest BCUT2D eigenvalue weighted by Crippen LogP contribution is 2.16. The van der Waals surface area contributed by atoms with E-state index in [0.717, 1.165) is 11.1 Å². The molecule has 21 heavy (non-hydrogen) atoms. The molecule has 2 N–H and O–H groups in total. The van der Waals surface area contributed by atoms with Gasteiger partial charge in [-0.25, -0.2) is 9.37 Å². The van der Waals surface area contributed by atoms with Crippen LogP contribution in [0, 0.1) is 5.82 Å². The monoisotopic (exact) mass is 280 g/mol. The molecule has 4 nitrogen and oxygen atoms in total. The molecule has 2 aromatic carbocycles. The first kappa shape index (κ1) is 13.2. The van der Waals surface area contributed by atoms with Crippen LogP contribution in [0.1, 0.15) is 11.4 Å². The van der Waals surface area contributed by atoms with Crippen molar-refractivity contribution in [2.75, 3.05) is 5.73 Å². The quantitative estimate of drug-likeness (QED) is 0.801. The molecule has 0 spiro atoms. The summed E-state index contributed by atoms with van der Waals surface area (Å²) in [5.74, 6) is 1.02. The minimum atomic E-state index is -0.265. The van der Waals surface area contributed by atoms with Gasteiger partial charge in [-0.2, -0.15) is 9.97 Å². The van der Waals surface area contributed by atoms with E-state index in [1.807, 2.05) is 30.3 Å². The van der Waals surface area contributed by atoms with Crippen molar-refractivity contribution in [2.45, 2.75) is 6.42 Å². The van der Waals surface area contributed by atoms with Crippen LogP contribution in [0.3, 0.4) is 0 Å². The number of nitrogens with two attached hydrogens (primary N) is 1. The highest BCUT2D eigenvalue weighted by atomic mass is 19.1. The maximum absolute atomic E-state index is 12.9. The third kappa shape index (κ3) is 3.20. The van der Waals surface area contributed by atoms with Crippen LogP contribution in [-0.2, 0) is 6.42 Å². The van der Waals surface area contributed by atoms with Gasteiger partial charge < -0.3 is 5.73 Å². The molecule has 0 fully saturated rings. The first-order valence-electron chi connectivity index (χ1n) is 6.51. The molecule has 1 aromatic heterocycles. The number of anilines is 1. The van der Waals surface area contributed by atoms with Crippen molar-refractivity contribution in [3.8, 4) is 11.4 Å². The number of nitrogens with zero attached hydrogens (tertiary/aromatic N) is 3. The van der Waals surface area contributed by atoms with E-state index in [0.29, 0.717) is 18.1 Å². The van der Waals surface area contributed by atoms with E-state index in [2.05, 4.69) is 15.0 Å². The Balaban J connectivity index is 1.93. The van der Waals surface area contributed by atoms with Gasteiger partial charge in [0.1, 0.15) is 11.6 Å². The van der Waals surface area contributed by atoms with Gasteiger partial charge in [-0.1, -0.05) is 42.5 Å². The molecule has 1 heterocycles. The second-order valence-electron chi connectivity index (χ2n) is 4.60. The largest absolute Gasteiger partial charge is 0.368 e. The molecular formula is C16H13FN4. The molecule has 3 aromatic rings. The first-order chi connectivity index (χ1) is 10.2. The van der Waals surface area contributed by atoms with Crippen LogP contribution in [0.5, 0.6) is 0 Å². The zero-order valence-electron chi connectivity index (χ0n) is 11.2.